The number of nitrogen functional groups attached to an aromatic ring is 2. The van der Waals surface area contributed by atoms with Crippen LogP contribution in [-0.4, -0.2) is 68.9 Å². The summed E-state index contributed by atoms with van der Waals surface area (Å²) in [5.74, 6) is -1.67. The second kappa shape index (κ2) is 8.49. The first kappa shape index (κ1) is 22.7. The average Bonchev–Trinajstić information content (AvgIpc) is 3.29. The van der Waals surface area contributed by atoms with Gasteiger partial charge in [0.2, 0.25) is 0 Å². The Morgan fingerprint density at radius 2 is 1.97 bits per heavy atom. The van der Waals surface area contributed by atoms with Gasteiger partial charge in [-0.1, -0.05) is 0 Å². The molecule has 1 saturated heterocycles. The monoisotopic (exact) mass is 482 g/mol. The van der Waals surface area contributed by atoms with Gasteiger partial charge in [-0.15, -0.1) is 0 Å². The smallest absolute Gasteiger partial charge is 0.301 e. The molecule has 3 aromatic rings. The number of nitrogens with two attached hydrogens (primary N) is 2. The van der Waals surface area contributed by atoms with Crippen LogP contribution in [0, 0.1) is 5.82 Å². The van der Waals surface area contributed by atoms with Crippen molar-refractivity contribution in [3.05, 3.63) is 42.2 Å². The van der Waals surface area contributed by atoms with Crippen LogP contribution in [0.25, 0.3) is 11.2 Å². The number of hydrogen-bond donors (Lipinski definition) is 6. The van der Waals surface area contributed by atoms with E-state index in [1.807, 2.05) is 0 Å². The maximum absolute atomic E-state index is 13.1. The van der Waals surface area contributed by atoms with Gasteiger partial charge in [-0.25, -0.2) is 24.1 Å². The number of rotatable bonds is 6. The maximum Gasteiger partial charge on any atom is 0.301 e. The highest BCUT2D eigenvalue weighted by molar-refractivity contribution is 7.88. The molecular formula is C17H19FN8O6S. The number of ether oxygens (including phenoxy) is 1. The first-order chi connectivity index (χ1) is 15.6. The summed E-state index contributed by atoms with van der Waals surface area (Å²) in [6, 6.07) is 2.86. The zero-order chi connectivity index (χ0) is 23.9. The van der Waals surface area contributed by atoms with Gasteiger partial charge in [-0.05, 0) is 18.2 Å². The Morgan fingerprint density at radius 1 is 1.21 bits per heavy atom. The number of nitrogens with zero attached hydrogens (tertiary/aromatic N) is 4. The van der Waals surface area contributed by atoms with Crippen LogP contribution in [0.4, 0.5) is 15.9 Å². The van der Waals surface area contributed by atoms with Crippen LogP contribution in [0.3, 0.4) is 0 Å². The molecule has 2 aromatic heterocycles. The van der Waals surface area contributed by atoms with E-state index in [0.29, 0.717) is 0 Å². The summed E-state index contributed by atoms with van der Waals surface area (Å²) >= 11 is 0. The molecule has 4 rings (SSSR count). The van der Waals surface area contributed by atoms with Crippen molar-refractivity contribution in [3.8, 4) is 0 Å². The second-order valence-electron chi connectivity index (χ2n) is 7.14. The van der Waals surface area contributed by atoms with Gasteiger partial charge >= 0.3 is 10.2 Å². The van der Waals surface area contributed by atoms with Gasteiger partial charge in [0.1, 0.15) is 36.0 Å². The SMILES string of the molecule is Nc1cc(F)ccc1C(=O)NS(=O)(=O)NC[C@H]1O[C@@H](n2cnc3c(N)ncnc32)[C@H](O)[C@@H]1O. The molecule has 0 radical (unpaired) electrons. The number of anilines is 2. The third-order valence-corrected chi connectivity index (χ3v) is 5.96. The number of imidazole rings is 1. The molecule has 0 bridgehead atoms. The third-order valence-electron chi connectivity index (χ3n) is 4.96. The molecule has 33 heavy (non-hydrogen) atoms. The van der Waals surface area contributed by atoms with E-state index in [1.165, 1.54) is 17.2 Å². The zero-order valence-electron chi connectivity index (χ0n) is 16.7. The molecule has 16 heteroatoms. The fraction of sp³-hybridized carbons (Fsp3) is 0.294. The minimum Gasteiger partial charge on any atom is -0.398 e. The highest BCUT2D eigenvalue weighted by Crippen LogP contribution is 2.31. The van der Waals surface area contributed by atoms with E-state index in [2.05, 4.69) is 19.7 Å². The van der Waals surface area contributed by atoms with Crippen LogP contribution in [0.5, 0.6) is 0 Å². The molecule has 176 valence electrons. The Labute approximate surface area is 185 Å². The number of halogens is 1. The van der Waals surface area contributed by atoms with E-state index in [1.54, 1.807) is 4.72 Å². The number of amides is 1. The Kier molecular flexibility index (Phi) is 5.85. The van der Waals surface area contributed by atoms with Gasteiger partial charge in [0.15, 0.2) is 17.7 Å². The number of aliphatic hydroxyl groups excluding tert-OH is 2. The highest BCUT2D eigenvalue weighted by Gasteiger charge is 2.44. The van der Waals surface area contributed by atoms with E-state index in [4.69, 9.17) is 16.2 Å². The van der Waals surface area contributed by atoms with Crippen LogP contribution < -0.4 is 20.9 Å². The Bertz CT molecular complexity index is 1320. The molecule has 4 atom stereocenters. The number of aliphatic hydroxyl groups is 2. The van der Waals surface area contributed by atoms with Crippen molar-refractivity contribution >= 4 is 38.8 Å². The lowest BCUT2D eigenvalue weighted by molar-refractivity contribution is -0.0330. The first-order valence-corrected chi connectivity index (χ1v) is 10.9. The van der Waals surface area contributed by atoms with Crippen LogP contribution >= 0.6 is 0 Å². The molecule has 14 nitrogen and oxygen atoms in total. The minimum atomic E-state index is -4.42. The molecule has 1 aliphatic heterocycles. The number of carbonyl (C=O) groups excluding carboxylic acids is 1. The van der Waals surface area contributed by atoms with E-state index in [-0.39, 0.29) is 28.2 Å². The van der Waals surface area contributed by atoms with Gasteiger partial charge in [0.05, 0.1) is 11.9 Å². The highest BCUT2D eigenvalue weighted by atomic mass is 32.2. The Balaban J connectivity index is 1.43. The summed E-state index contributed by atoms with van der Waals surface area (Å²) in [7, 11) is -4.42. The van der Waals surface area contributed by atoms with Gasteiger partial charge in [0.25, 0.3) is 5.91 Å². The predicted molar refractivity (Wildman–Crippen MR) is 111 cm³/mol. The van der Waals surface area contributed by atoms with Crippen molar-refractivity contribution in [2.45, 2.75) is 24.5 Å². The topological polar surface area (TPSA) is 221 Å². The largest absolute Gasteiger partial charge is 0.398 e. The fourth-order valence-electron chi connectivity index (χ4n) is 3.33. The minimum absolute atomic E-state index is 0.105. The fourth-order valence-corrected chi connectivity index (χ4v) is 4.14. The molecule has 1 aromatic carbocycles. The molecule has 0 saturated carbocycles. The number of carbonyl (C=O) groups is 1. The number of fused-ring (bicyclic) bond motifs is 1. The van der Waals surface area contributed by atoms with Crippen molar-refractivity contribution in [2.75, 3.05) is 18.0 Å². The van der Waals surface area contributed by atoms with Crippen molar-refractivity contribution in [3.63, 3.8) is 0 Å². The molecule has 0 aliphatic carbocycles. The van der Waals surface area contributed by atoms with Gasteiger partial charge in [-0.2, -0.15) is 13.1 Å². The second-order valence-corrected chi connectivity index (χ2v) is 8.64. The number of nitrogens with one attached hydrogen (secondary N) is 2. The molecule has 0 unspecified atom stereocenters. The lowest BCUT2D eigenvalue weighted by Gasteiger charge is -2.16. The van der Waals surface area contributed by atoms with Crippen LogP contribution in [0.15, 0.2) is 30.9 Å². The number of benzene rings is 1. The van der Waals surface area contributed by atoms with E-state index < -0.39 is 53.0 Å². The average molecular weight is 482 g/mol. The summed E-state index contributed by atoms with van der Waals surface area (Å²) < 4.78 is 48.4. The zero-order valence-corrected chi connectivity index (χ0v) is 17.5. The molecule has 3 heterocycles. The van der Waals surface area contributed by atoms with Gasteiger partial charge in [-0.3, -0.25) is 9.36 Å². The van der Waals surface area contributed by atoms with Gasteiger partial charge < -0.3 is 26.4 Å². The predicted octanol–water partition coefficient (Wildman–Crippen LogP) is -1.99. The maximum atomic E-state index is 13.1. The van der Waals surface area contributed by atoms with Crippen molar-refractivity contribution in [1.29, 1.82) is 0 Å². The van der Waals surface area contributed by atoms with Gasteiger partial charge in [0, 0.05) is 12.2 Å². The molecule has 8 N–H and O–H groups in total. The quantitative estimate of drug-likeness (QED) is 0.211. The summed E-state index contributed by atoms with van der Waals surface area (Å²) in [6.07, 6.45) is -2.81. The third kappa shape index (κ3) is 4.41. The van der Waals surface area contributed by atoms with Crippen LogP contribution in [-0.2, 0) is 14.9 Å². The summed E-state index contributed by atoms with van der Waals surface area (Å²) in [5.41, 5.74) is 11.3. The normalized spacial score (nSPS) is 23.1. The molecule has 1 aliphatic rings. The van der Waals surface area contributed by atoms with E-state index >= 15 is 0 Å². The molecule has 1 amide bonds. The van der Waals surface area contributed by atoms with E-state index in [9.17, 15) is 27.8 Å². The summed E-state index contributed by atoms with van der Waals surface area (Å²) in [5, 5.41) is 20.7. The lowest BCUT2D eigenvalue weighted by Crippen LogP contribution is -2.45. The lowest BCUT2D eigenvalue weighted by atomic mass is 10.1. The number of aromatic nitrogens is 4. The van der Waals surface area contributed by atoms with Crippen molar-refractivity contribution < 1.29 is 32.6 Å². The Morgan fingerprint density at radius 3 is 2.70 bits per heavy atom. The molecular weight excluding hydrogens is 463 g/mol. The summed E-state index contributed by atoms with van der Waals surface area (Å²) in [4.78, 5) is 24.1. The number of hydrogen-bond acceptors (Lipinski definition) is 11. The van der Waals surface area contributed by atoms with Crippen LogP contribution in [0.2, 0.25) is 0 Å². The van der Waals surface area contributed by atoms with Crippen molar-refractivity contribution in [1.82, 2.24) is 29.0 Å². The van der Waals surface area contributed by atoms with Crippen molar-refractivity contribution in [2.24, 2.45) is 0 Å². The molecule has 1 fully saturated rings. The first-order valence-electron chi connectivity index (χ1n) is 9.39. The summed E-state index contributed by atoms with van der Waals surface area (Å²) in [6.45, 7) is -0.500. The Hall–Kier alpha value is -3.44. The van der Waals surface area contributed by atoms with E-state index in [0.717, 1.165) is 18.2 Å². The van der Waals surface area contributed by atoms with Crippen LogP contribution in [0.1, 0.15) is 16.6 Å². The molecule has 0 spiro atoms. The standard InChI is InChI=1S/C17H19FN8O6S/c18-7-1-2-8(9(19)3-7)16(29)25-33(30,31)24-4-10-12(27)13(28)17(32-10)26-6-23-11-14(20)21-5-22-15(11)26/h1-3,5-6,10,12-13,17,24,27-28H,4,19H2,(H,25,29)(H2,20,21,22)/t10-,12-,13-,17-/m1/s1.